The molecule has 0 saturated heterocycles. The van der Waals surface area contributed by atoms with Crippen molar-refractivity contribution < 1.29 is 9.18 Å². The van der Waals surface area contributed by atoms with Crippen LogP contribution in [0.25, 0.3) is 0 Å². The fourth-order valence-electron chi connectivity index (χ4n) is 2.66. The first-order valence-electron chi connectivity index (χ1n) is 6.44. The van der Waals surface area contributed by atoms with Crippen molar-refractivity contribution in [1.82, 2.24) is 5.32 Å². The second-order valence-corrected chi connectivity index (χ2v) is 6.04. The molecule has 1 amide bonds. The van der Waals surface area contributed by atoms with Crippen molar-refractivity contribution >= 4 is 5.91 Å². The zero-order valence-corrected chi connectivity index (χ0v) is 11.2. The number of aryl methyl sites for hydroxylation is 1. The van der Waals surface area contributed by atoms with Gasteiger partial charge < -0.3 is 5.32 Å². The number of carbonyl (C=O) groups excluding carboxylic acids is 1. The van der Waals surface area contributed by atoms with E-state index < -0.39 is 0 Å². The minimum atomic E-state index is -0.363. The largest absolute Gasteiger partial charge is 0.349 e. The summed E-state index contributed by atoms with van der Waals surface area (Å²) >= 11 is 0. The van der Waals surface area contributed by atoms with Crippen molar-refractivity contribution in [3.05, 3.63) is 35.1 Å². The Kier molecular flexibility index (Phi) is 3.42. The summed E-state index contributed by atoms with van der Waals surface area (Å²) < 4.78 is 13.2. The van der Waals surface area contributed by atoms with Crippen molar-refractivity contribution in [3.63, 3.8) is 0 Å². The van der Waals surface area contributed by atoms with E-state index in [0.29, 0.717) is 11.0 Å². The zero-order valence-electron chi connectivity index (χ0n) is 11.2. The van der Waals surface area contributed by atoms with Crippen LogP contribution in [-0.4, -0.2) is 11.9 Å². The molecule has 1 aliphatic carbocycles. The molecule has 0 bridgehead atoms. The number of hydrogen-bond acceptors (Lipinski definition) is 1. The van der Waals surface area contributed by atoms with Crippen LogP contribution in [0.5, 0.6) is 0 Å². The monoisotopic (exact) mass is 249 g/mol. The van der Waals surface area contributed by atoms with Crippen LogP contribution in [-0.2, 0) is 0 Å². The summed E-state index contributed by atoms with van der Waals surface area (Å²) in [4.78, 5) is 12.1. The molecule has 1 atom stereocenters. The second kappa shape index (κ2) is 4.71. The third-order valence-electron chi connectivity index (χ3n) is 3.75. The van der Waals surface area contributed by atoms with Crippen LogP contribution in [0.1, 0.15) is 49.0 Å². The van der Waals surface area contributed by atoms with Gasteiger partial charge in [-0.15, -0.1) is 0 Å². The van der Waals surface area contributed by atoms with E-state index in [-0.39, 0.29) is 17.8 Å². The van der Waals surface area contributed by atoms with Crippen LogP contribution >= 0.6 is 0 Å². The molecule has 0 heterocycles. The van der Waals surface area contributed by atoms with E-state index in [9.17, 15) is 9.18 Å². The lowest BCUT2D eigenvalue weighted by atomic mass is 9.92. The zero-order chi connectivity index (χ0) is 13.3. The molecule has 1 aromatic rings. The molecule has 0 aromatic heterocycles. The average Bonchev–Trinajstić information content (AvgIpc) is 2.61. The Bertz CT molecular complexity index is 468. The molecule has 0 radical (unpaired) electrons. The standard InChI is InChI=1S/C15H20FNO/c1-10-4-5-11(16)8-13(10)14(18)17-12-6-7-15(2,3)9-12/h4-5,8,12H,6-7,9H2,1-3H3,(H,17,18). The Balaban J connectivity index is 2.06. The van der Waals surface area contributed by atoms with E-state index >= 15 is 0 Å². The van der Waals surface area contributed by atoms with E-state index in [1.165, 1.54) is 12.1 Å². The van der Waals surface area contributed by atoms with Gasteiger partial charge in [-0.3, -0.25) is 4.79 Å². The molecule has 0 aliphatic heterocycles. The molecule has 2 nitrogen and oxygen atoms in total. The maximum atomic E-state index is 13.2. The number of carbonyl (C=O) groups is 1. The first-order valence-corrected chi connectivity index (χ1v) is 6.44. The summed E-state index contributed by atoms with van der Waals surface area (Å²) in [6, 6.07) is 4.55. The summed E-state index contributed by atoms with van der Waals surface area (Å²) in [5.41, 5.74) is 1.56. The van der Waals surface area contributed by atoms with Gasteiger partial charge in [0.25, 0.3) is 5.91 Å². The lowest BCUT2D eigenvalue weighted by Gasteiger charge is -2.18. The summed E-state index contributed by atoms with van der Waals surface area (Å²) in [6.45, 7) is 6.26. The third-order valence-corrected chi connectivity index (χ3v) is 3.75. The Labute approximate surface area is 108 Å². The van der Waals surface area contributed by atoms with Gasteiger partial charge in [-0.1, -0.05) is 19.9 Å². The maximum Gasteiger partial charge on any atom is 0.251 e. The predicted octanol–water partition coefficient (Wildman–Crippen LogP) is 3.44. The van der Waals surface area contributed by atoms with Gasteiger partial charge in [0.05, 0.1) is 0 Å². The lowest BCUT2D eigenvalue weighted by molar-refractivity contribution is 0.0935. The van der Waals surface area contributed by atoms with Crippen LogP contribution in [0.2, 0.25) is 0 Å². The Morgan fingerprint density at radius 3 is 2.78 bits per heavy atom. The van der Waals surface area contributed by atoms with Gasteiger partial charge in [-0.25, -0.2) is 4.39 Å². The first-order chi connectivity index (χ1) is 8.37. The molecule has 1 aliphatic rings. The van der Waals surface area contributed by atoms with Gasteiger partial charge in [0.1, 0.15) is 5.82 Å². The summed E-state index contributed by atoms with van der Waals surface area (Å²) in [5.74, 6) is -0.521. The number of amides is 1. The van der Waals surface area contributed by atoms with E-state index in [0.717, 1.165) is 24.8 Å². The average molecular weight is 249 g/mol. The highest BCUT2D eigenvalue weighted by atomic mass is 19.1. The van der Waals surface area contributed by atoms with Crippen LogP contribution in [0, 0.1) is 18.2 Å². The molecule has 1 N–H and O–H groups in total. The minimum absolute atomic E-state index is 0.158. The van der Waals surface area contributed by atoms with Gasteiger partial charge >= 0.3 is 0 Å². The molecule has 98 valence electrons. The van der Waals surface area contributed by atoms with E-state index in [4.69, 9.17) is 0 Å². The molecule has 1 aromatic carbocycles. The van der Waals surface area contributed by atoms with Gasteiger partial charge in [-0.2, -0.15) is 0 Å². The van der Waals surface area contributed by atoms with Gasteiger partial charge in [0.2, 0.25) is 0 Å². The third kappa shape index (κ3) is 2.89. The van der Waals surface area contributed by atoms with Crippen molar-refractivity contribution in [2.75, 3.05) is 0 Å². The van der Waals surface area contributed by atoms with Gasteiger partial charge in [-0.05, 0) is 49.3 Å². The molecule has 3 heteroatoms. The van der Waals surface area contributed by atoms with Gasteiger partial charge in [0, 0.05) is 11.6 Å². The smallest absolute Gasteiger partial charge is 0.251 e. The highest BCUT2D eigenvalue weighted by Gasteiger charge is 2.31. The molecule has 18 heavy (non-hydrogen) atoms. The minimum Gasteiger partial charge on any atom is -0.349 e. The fraction of sp³-hybridized carbons (Fsp3) is 0.533. The topological polar surface area (TPSA) is 29.1 Å². The SMILES string of the molecule is Cc1ccc(F)cc1C(=O)NC1CCC(C)(C)C1. The van der Waals surface area contributed by atoms with Crippen LogP contribution < -0.4 is 5.32 Å². The molecule has 0 spiro atoms. The quantitative estimate of drug-likeness (QED) is 0.854. The van der Waals surface area contributed by atoms with Crippen LogP contribution in [0.3, 0.4) is 0 Å². The maximum absolute atomic E-state index is 13.2. The summed E-state index contributed by atoms with van der Waals surface area (Å²) in [6.07, 6.45) is 3.13. The second-order valence-electron chi connectivity index (χ2n) is 6.04. The Morgan fingerprint density at radius 2 is 2.17 bits per heavy atom. The molecule has 2 rings (SSSR count). The Hall–Kier alpha value is -1.38. The molecular weight excluding hydrogens is 229 g/mol. The van der Waals surface area contributed by atoms with Crippen LogP contribution in [0.4, 0.5) is 4.39 Å². The number of rotatable bonds is 2. The Morgan fingerprint density at radius 1 is 1.44 bits per heavy atom. The number of benzene rings is 1. The van der Waals surface area contributed by atoms with E-state index in [1.807, 2.05) is 6.92 Å². The van der Waals surface area contributed by atoms with Crippen molar-refractivity contribution in [2.45, 2.75) is 46.1 Å². The molecule has 1 saturated carbocycles. The van der Waals surface area contributed by atoms with Crippen LogP contribution in [0.15, 0.2) is 18.2 Å². The van der Waals surface area contributed by atoms with Gasteiger partial charge in [0.15, 0.2) is 0 Å². The van der Waals surface area contributed by atoms with Crippen molar-refractivity contribution in [1.29, 1.82) is 0 Å². The molecule has 1 unspecified atom stereocenters. The number of halogens is 1. The highest BCUT2D eigenvalue weighted by Crippen LogP contribution is 2.37. The predicted molar refractivity (Wildman–Crippen MR) is 70.0 cm³/mol. The summed E-state index contributed by atoms with van der Waals surface area (Å²) in [5, 5.41) is 3.01. The lowest BCUT2D eigenvalue weighted by Crippen LogP contribution is -2.34. The molecule has 1 fully saturated rings. The highest BCUT2D eigenvalue weighted by molar-refractivity contribution is 5.95. The fourth-order valence-corrected chi connectivity index (χ4v) is 2.66. The number of hydrogen-bond donors (Lipinski definition) is 1. The van der Waals surface area contributed by atoms with Crippen molar-refractivity contribution in [3.8, 4) is 0 Å². The molecular formula is C15H20FNO. The number of nitrogens with one attached hydrogen (secondary N) is 1. The van der Waals surface area contributed by atoms with E-state index in [2.05, 4.69) is 19.2 Å². The van der Waals surface area contributed by atoms with Crippen molar-refractivity contribution in [2.24, 2.45) is 5.41 Å². The van der Waals surface area contributed by atoms with E-state index in [1.54, 1.807) is 6.07 Å². The summed E-state index contributed by atoms with van der Waals surface area (Å²) in [7, 11) is 0. The first kappa shape index (κ1) is 13.1. The normalized spacial score (nSPS) is 21.9.